The molecular weight excluding hydrogens is 733 g/mol. The summed E-state index contributed by atoms with van der Waals surface area (Å²) in [5.74, 6) is 1.20. The lowest BCUT2D eigenvalue weighted by molar-refractivity contribution is 0.579. The van der Waals surface area contributed by atoms with Gasteiger partial charge in [0.1, 0.15) is 0 Å². The van der Waals surface area contributed by atoms with E-state index in [4.69, 9.17) is 19.9 Å². The fourth-order valence-electron chi connectivity index (χ4n) is 8.91. The van der Waals surface area contributed by atoms with Crippen molar-refractivity contribution in [3.8, 4) is 67.5 Å². The van der Waals surface area contributed by atoms with Gasteiger partial charge in [0.25, 0.3) is 0 Å². The van der Waals surface area contributed by atoms with Crippen molar-refractivity contribution >= 4 is 9.84 Å². The van der Waals surface area contributed by atoms with Crippen LogP contribution in [-0.4, -0.2) is 28.4 Å². The van der Waals surface area contributed by atoms with Gasteiger partial charge in [-0.1, -0.05) is 158 Å². The lowest BCUT2D eigenvalue weighted by Crippen LogP contribution is -2.38. The number of nitrogens with zero attached hydrogens (tertiary/aromatic N) is 4. The van der Waals surface area contributed by atoms with Crippen LogP contribution in [0.25, 0.3) is 67.5 Å². The lowest BCUT2D eigenvalue weighted by Gasteiger charge is -2.42. The lowest BCUT2D eigenvalue weighted by atomic mass is 9.63. The topological polar surface area (TPSA) is 85.7 Å². The van der Waals surface area contributed by atoms with Crippen LogP contribution in [0.1, 0.15) is 22.3 Å². The third-order valence-corrected chi connectivity index (χ3v) is 13.3. The van der Waals surface area contributed by atoms with Gasteiger partial charge in [-0.3, -0.25) is 0 Å². The molecule has 274 valence electrons. The van der Waals surface area contributed by atoms with Crippen LogP contribution in [0.3, 0.4) is 0 Å². The van der Waals surface area contributed by atoms with E-state index in [-0.39, 0.29) is 0 Å². The highest BCUT2D eigenvalue weighted by Crippen LogP contribution is 2.59. The maximum Gasteiger partial charge on any atom is 0.207 e. The third-order valence-electron chi connectivity index (χ3n) is 11.5. The van der Waals surface area contributed by atoms with Gasteiger partial charge in [-0.15, -0.1) is 0 Å². The number of sulfone groups is 1. The number of hydrogen-bond acceptors (Lipinski definition) is 6. The number of hydrogen-bond donors (Lipinski definition) is 0. The molecule has 6 nitrogen and oxygen atoms in total. The molecule has 0 atom stereocenters. The van der Waals surface area contributed by atoms with Crippen molar-refractivity contribution < 1.29 is 8.42 Å². The SMILES string of the molecule is O=S1(=O)c2ccccc2C2(c3ccccc3-c3ccccc3-c3ccc(-c4cc(-c5cnc(-c6ccccc6)nc5)nc(-c5ccccc5)n4)cc32)c2ccccc21. The second kappa shape index (κ2) is 13.1. The maximum absolute atomic E-state index is 14.6. The first-order valence-electron chi connectivity index (χ1n) is 19.1. The molecule has 1 aliphatic heterocycles. The quantitative estimate of drug-likeness (QED) is 0.177. The van der Waals surface area contributed by atoms with E-state index in [0.717, 1.165) is 66.8 Å². The van der Waals surface area contributed by atoms with Gasteiger partial charge in [0.05, 0.1) is 26.6 Å². The van der Waals surface area contributed by atoms with Crippen molar-refractivity contribution in [2.75, 3.05) is 0 Å². The predicted molar refractivity (Wildman–Crippen MR) is 228 cm³/mol. The van der Waals surface area contributed by atoms with Gasteiger partial charge in [0.15, 0.2) is 11.6 Å². The zero-order valence-corrected chi connectivity index (χ0v) is 31.8. The molecule has 0 bridgehead atoms. The Morgan fingerprint density at radius 3 is 1.43 bits per heavy atom. The Morgan fingerprint density at radius 1 is 0.362 bits per heavy atom. The smallest absolute Gasteiger partial charge is 0.207 e. The molecule has 9 aromatic rings. The predicted octanol–water partition coefficient (Wildman–Crippen LogP) is 11.1. The third kappa shape index (κ3) is 5.07. The molecule has 58 heavy (non-hydrogen) atoms. The van der Waals surface area contributed by atoms with Crippen LogP contribution in [0.4, 0.5) is 0 Å². The van der Waals surface area contributed by atoms with Gasteiger partial charge in [-0.05, 0) is 68.8 Å². The largest absolute Gasteiger partial charge is 0.236 e. The summed E-state index contributed by atoms with van der Waals surface area (Å²) in [6, 6.07) is 60.3. The number of benzene rings is 7. The zero-order chi connectivity index (χ0) is 38.8. The standard InChI is InChI=1S/C51H32N4O2S/c56-58(57)47-25-13-11-23-42(47)51(43-24-12-14-26-48(43)58)41-22-10-9-21-39(41)37-19-7-8-20-38(37)40-28-27-35(29-44(40)51)45-30-46(55-50(54-45)34-17-5-2-6-18-34)36-31-52-49(53-32-36)33-15-3-1-4-16-33/h1-32H. The van der Waals surface area contributed by atoms with Gasteiger partial charge < -0.3 is 0 Å². The molecule has 0 saturated heterocycles. The second-order valence-electron chi connectivity index (χ2n) is 14.6. The van der Waals surface area contributed by atoms with Crippen LogP contribution in [-0.2, 0) is 15.3 Å². The average molecular weight is 765 g/mol. The van der Waals surface area contributed by atoms with E-state index in [9.17, 15) is 8.42 Å². The fraction of sp³-hybridized carbons (Fsp3) is 0.0196. The molecule has 1 aliphatic carbocycles. The summed E-state index contributed by atoms with van der Waals surface area (Å²) >= 11 is 0. The molecule has 7 aromatic carbocycles. The van der Waals surface area contributed by atoms with Crippen molar-refractivity contribution in [3.63, 3.8) is 0 Å². The number of fused-ring (bicyclic) bond motifs is 11. The average Bonchev–Trinajstić information content (AvgIpc) is 3.40. The van der Waals surface area contributed by atoms with Crippen molar-refractivity contribution in [2.45, 2.75) is 15.2 Å². The molecule has 0 fully saturated rings. The van der Waals surface area contributed by atoms with Crippen LogP contribution in [0.15, 0.2) is 204 Å². The van der Waals surface area contributed by atoms with Crippen LogP contribution < -0.4 is 0 Å². The molecule has 0 N–H and O–H groups in total. The first kappa shape index (κ1) is 33.9. The van der Waals surface area contributed by atoms with E-state index in [2.05, 4.69) is 66.7 Å². The van der Waals surface area contributed by atoms with Gasteiger partial charge in [-0.2, -0.15) is 0 Å². The maximum atomic E-state index is 14.6. The molecule has 2 aliphatic rings. The Balaban J connectivity index is 1.21. The van der Waals surface area contributed by atoms with Gasteiger partial charge in [0, 0.05) is 34.6 Å². The highest BCUT2D eigenvalue weighted by atomic mass is 32.2. The van der Waals surface area contributed by atoms with Gasteiger partial charge in [0.2, 0.25) is 9.84 Å². The van der Waals surface area contributed by atoms with Crippen molar-refractivity contribution in [3.05, 3.63) is 217 Å². The summed E-state index contributed by atoms with van der Waals surface area (Å²) in [6.45, 7) is 0. The van der Waals surface area contributed by atoms with Gasteiger partial charge >= 0.3 is 0 Å². The Bertz CT molecular complexity index is 3130. The molecular formula is C51H32N4O2S. The summed E-state index contributed by atoms with van der Waals surface area (Å²) in [6.07, 6.45) is 3.62. The number of aromatic nitrogens is 4. The summed E-state index contributed by atoms with van der Waals surface area (Å²) in [5, 5.41) is 0. The van der Waals surface area contributed by atoms with E-state index in [1.54, 1.807) is 12.1 Å². The molecule has 0 unspecified atom stereocenters. The Morgan fingerprint density at radius 2 is 0.828 bits per heavy atom. The highest BCUT2D eigenvalue weighted by Gasteiger charge is 2.51. The summed E-state index contributed by atoms with van der Waals surface area (Å²) in [7, 11) is -3.85. The van der Waals surface area contributed by atoms with E-state index in [0.29, 0.717) is 32.8 Å². The Hall–Kier alpha value is -7.35. The monoisotopic (exact) mass is 764 g/mol. The molecule has 0 saturated carbocycles. The fourth-order valence-corrected chi connectivity index (χ4v) is 10.7. The second-order valence-corrected chi connectivity index (χ2v) is 16.5. The van der Waals surface area contributed by atoms with Crippen LogP contribution in [0, 0.1) is 0 Å². The molecule has 11 rings (SSSR count). The Kier molecular flexibility index (Phi) is 7.68. The first-order chi connectivity index (χ1) is 28.5. The van der Waals surface area contributed by atoms with E-state index >= 15 is 0 Å². The van der Waals surface area contributed by atoms with Gasteiger partial charge in [-0.25, -0.2) is 28.4 Å². The highest BCUT2D eigenvalue weighted by molar-refractivity contribution is 7.91. The number of rotatable bonds is 4. The minimum Gasteiger partial charge on any atom is -0.236 e. The van der Waals surface area contributed by atoms with E-state index in [1.165, 1.54) is 0 Å². The normalized spacial score (nSPS) is 13.9. The zero-order valence-electron chi connectivity index (χ0n) is 31.0. The molecule has 3 heterocycles. The van der Waals surface area contributed by atoms with Crippen molar-refractivity contribution in [1.29, 1.82) is 0 Å². The van der Waals surface area contributed by atoms with Crippen molar-refractivity contribution in [1.82, 2.24) is 19.9 Å². The van der Waals surface area contributed by atoms with Crippen LogP contribution in [0.5, 0.6) is 0 Å². The molecule has 7 heteroatoms. The molecule has 0 amide bonds. The van der Waals surface area contributed by atoms with Crippen molar-refractivity contribution in [2.24, 2.45) is 0 Å². The van der Waals surface area contributed by atoms with E-state index < -0.39 is 15.3 Å². The summed E-state index contributed by atoms with van der Waals surface area (Å²) in [5.41, 5.74) is 11.4. The summed E-state index contributed by atoms with van der Waals surface area (Å²) in [4.78, 5) is 20.4. The van der Waals surface area contributed by atoms with Crippen LogP contribution >= 0.6 is 0 Å². The van der Waals surface area contributed by atoms with Crippen LogP contribution in [0.2, 0.25) is 0 Å². The summed E-state index contributed by atoms with van der Waals surface area (Å²) < 4.78 is 29.1. The minimum absolute atomic E-state index is 0.306. The Labute approximate surface area is 336 Å². The molecule has 2 aromatic heterocycles. The first-order valence-corrected chi connectivity index (χ1v) is 20.6. The minimum atomic E-state index is -3.85. The molecule has 0 radical (unpaired) electrons. The van der Waals surface area contributed by atoms with E-state index in [1.807, 2.05) is 116 Å². The molecule has 1 spiro atoms.